The fourth-order valence-electron chi connectivity index (χ4n) is 2.17. The van der Waals surface area contributed by atoms with Gasteiger partial charge in [-0.1, -0.05) is 45.0 Å². The van der Waals surface area contributed by atoms with E-state index in [0.29, 0.717) is 6.61 Å². The third kappa shape index (κ3) is 4.01. The number of aryl methyl sites for hydroxylation is 1. The Kier molecular flexibility index (Phi) is 4.56. The van der Waals surface area contributed by atoms with Crippen molar-refractivity contribution in [3.8, 4) is 11.5 Å². The van der Waals surface area contributed by atoms with Crippen molar-refractivity contribution in [2.45, 2.75) is 39.7 Å². The van der Waals surface area contributed by atoms with E-state index in [0.717, 1.165) is 22.6 Å². The van der Waals surface area contributed by atoms with Crippen LogP contribution in [0.5, 0.6) is 11.5 Å². The van der Waals surface area contributed by atoms with Gasteiger partial charge < -0.3 is 9.47 Å². The van der Waals surface area contributed by atoms with E-state index < -0.39 is 0 Å². The van der Waals surface area contributed by atoms with E-state index in [1.165, 1.54) is 5.56 Å². The Hall–Kier alpha value is -1.96. The highest BCUT2D eigenvalue weighted by Crippen LogP contribution is 2.25. The first kappa shape index (κ1) is 15.4. The zero-order chi connectivity index (χ0) is 15.5. The van der Waals surface area contributed by atoms with Crippen LogP contribution in [-0.2, 0) is 12.0 Å². The maximum Gasteiger partial charge on any atom is 0.122 e. The Morgan fingerprint density at radius 2 is 1.62 bits per heavy atom. The van der Waals surface area contributed by atoms with Gasteiger partial charge in [-0.3, -0.25) is 0 Å². The minimum absolute atomic E-state index is 0.169. The van der Waals surface area contributed by atoms with Gasteiger partial charge in [0, 0.05) is 0 Å². The van der Waals surface area contributed by atoms with Gasteiger partial charge in [0.05, 0.1) is 7.11 Å². The maximum atomic E-state index is 5.84. The third-order valence-corrected chi connectivity index (χ3v) is 3.60. The minimum Gasteiger partial charge on any atom is -0.496 e. The Balaban J connectivity index is 2.03. The lowest BCUT2D eigenvalue weighted by atomic mass is 9.87. The lowest BCUT2D eigenvalue weighted by Gasteiger charge is -2.19. The van der Waals surface area contributed by atoms with Crippen molar-refractivity contribution in [1.82, 2.24) is 0 Å². The second kappa shape index (κ2) is 6.21. The summed E-state index contributed by atoms with van der Waals surface area (Å²) < 4.78 is 11.2. The molecule has 0 aliphatic heterocycles. The van der Waals surface area contributed by atoms with Gasteiger partial charge >= 0.3 is 0 Å². The van der Waals surface area contributed by atoms with Gasteiger partial charge in [-0.15, -0.1) is 0 Å². The van der Waals surface area contributed by atoms with Crippen LogP contribution in [0.4, 0.5) is 0 Å². The second-order valence-corrected chi connectivity index (χ2v) is 6.37. The molecule has 0 saturated carbocycles. The molecule has 0 aromatic heterocycles. The molecule has 0 atom stereocenters. The van der Waals surface area contributed by atoms with Gasteiger partial charge in [-0.05, 0) is 47.2 Å². The molecule has 2 aromatic carbocycles. The van der Waals surface area contributed by atoms with E-state index in [1.54, 1.807) is 7.11 Å². The largest absolute Gasteiger partial charge is 0.496 e. The molecule has 0 N–H and O–H groups in total. The van der Waals surface area contributed by atoms with Crippen LogP contribution in [0.1, 0.15) is 37.5 Å². The maximum absolute atomic E-state index is 5.84. The average Bonchev–Trinajstić information content (AvgIpc) is 2.46. The monoisotopic (exact) mass is 284 g/mol. The molecule has 0 radical (unpaired) electrons. The van der Waals surface area contributed by atoms with Gasteiger partial charge in [-0.2, -0.15) is 0 Å². The van der Waals surface area contributed by atoms with Crippen molar-refractivity contribution in [1.29, 1.82) is 0 Å². The fraction of sp³-hybridized carbons (Fsp3) is 0.368. The molecule has 112 valence electrons. The standard InChI is InChI=1S/C19H24O2/c1-14-6-7-15(12-18(14)20-5)13-21-17-10-8-16(9-11-17)19(2,3)4/h6-12H,13H2,1-5H3. The molecule has 2 nitrogen and oxygen atoms in total. The fourth-order valence-corrected chi connectivity index (χ4v) is 2.17. The predicted octanol–water partition coefficient (Wildman–Crippen LogP) is 4.88. The van der Waals surface area contributed by atoms with E-state index in [9.17, 15) is 0 Å². The zero-order valence-corrected chi connectivity index (χ0v) is 13.6. The first-order chi connectivity index (χ1) is 9.90. The highest BCUT2D eigenvalue weighted by atomic mass is 16.5. The number of hydrogen-bond donors (Lipinski definition) is 0. The molecular formula is C19H24O2. The Labute approximate surface area is 127 Å². The summed E-state index contributed by atoms with van der Waals surface area (Å²) in [6, 6.07) is 14.5. The van der Waals surface area contributed by atoms with Gasteiger partial charge in [0.1, 0.15) is 18.1 Å². The third-order valence-electron chi connectivity index (χ3n) is 3.60. The van der Waals surface area contributed by atoms with Crippen molar-refractivity contribution < 1.29 is 9.47 Å². The molecule has 0 amide bonds. The van der Waals surface area contributed by atoms with E-state index >= 15 is 0 Å². The summed E-state index contributed by atoms with van der Waals surface area (Å²) >= 11 is 0. The molecule has 21 heavy (non-hydrogen) atoms. The molecule has 0 saturated heterocycles. The lowest BCUT2D eigenvalue weighted by Crippen LogP contribution is -2.10. The van der Waals surface area contributed by atoms with Crippen molar-refractivity contribution >= 4 is 0 Å². The smallest absolute Gasteiger partial charge is 0.122 e. The van der Waals surface area contributed by atoms with Crippen LogP contribution in [0.25, 0.3) is 0 Å². The van der Waals surface area contributed by atoms with E-state index in [1.807, 2.05) is 25.1 Å². The molecule has 2 rings (SSSR count). The molecule has 0 unspecified atom stereocenters. The molecule has 0 bridgehead atoms. The van der Waals surface area contributed by atoms with Gasteiger partial charge in [0.2, 0.25) is 0 Å². The topological polar surface area (TPSA) is 18.5 Å². The first-order valence-corrected chi connectivity index (χ1v) is 7.27. The highest BCUT2D eigenvalue weighted by molar-refractivity contribution is 5.37. The summed E-state index contributed by atoms with van der Waals surface area (Å²) in [5.74, 6) is 1.79. The summed E-state index contributed by atoms with van der Waals surface area (Å²) in [6.07, 6.45) is 0. The van der Waals surface area contributed by atoms with Crippen LogP contribution in [0.3, 0.4) is 0 Å². The van der Waals surface area contributed by atoms with Crippen LogP contribution in [0.2, 0.25) is 0 Å². The van der Waals surface area contributed by atoms with Crippen LogP contribution in [-0.4, -0.2) is 7.11 Å². The van der Waals surface area contributed by atoms with Crippen LogP contribution in [0, 0.1) is 6.92 Å². The Bertz CT molecular complexity index is 592. The summed E-state index contributed by atoms with van der Waals surface area (Å²) in [7, 11) is 1.69. The van der Waals surface area contributed by atoms with Crippen molar-refractivity contribution in [3.05, 3.63) is 59.2 Å². The van der Waals surface area contributed by atoms with Gasteiger partial charge in [0.25, 0.3) is 0 Å². The van der Waals surface area contributed by atoms with Crippen molar-refractivity contribution in [2.24, 2.45) is 0 Å². The SMILES string of the molecule is COc1cc(COc2ccc(C(C)(C)C)cc2)ccc1C. The highest BCUT2D eigenvalue weighted by Gasteiger charge is 2.12. The summed E-state index contributed by atoms with van der Waals surface area (Å²) in [5, 5.41) is 0. The number of ether oxygens (including phenoxy) is 2. The second-order valence-electron chi connectivity index (χ2n) is 6.37. The van der Waals surface area contributed by atoms with Crippen LogP contribution >= 0.6 is 0 Å². The van der Waals surface area contributed by atoms with Gasteiger partial charge in [-0.25, -0.2) is 0 Å². The Morgan fingerprint density at radius 3 is 2.19 bits per heavy atom. The Morgan fingerprint density at radius 1 is 0.952 bits per heavy atom. The molecular weight excluding hydrogens is 260 g/mol. The number of rotatable bonds is 4. The van der Waals surface area contributed by atoms with E-state index in [-0.39, 0.29) is 5.41 Å². The molecule has 0 aliphatic rings. The number of methoxy groups -OCH3 is 1. The normalized spacial score (nSPS) is 11.3. The summed E-state index contributed by atoms with van der Waals surface area (Å²) in [4.78, 5) is 0. The van der Waals surface area contributed by atoms with Gasteiger partial charge in [0.15, 0.2) is 0 Å². The predicted molar refractivity (Wildman–Crippen MR) is 87.2 cm³/mol. The summed E-state index contributed by atoms with van der Waals surface area (Å²) in [5.41, 5.74) is 3.73. The zero-order valence-electron chi connectivity index (χ0n) is 13.6. The molecule has 0 heterocycles. The number of benzene rings is 2. The van der Waals surface area contributed by atoms with E-state index in [4.69, 9.17) is 9.47 Å². The molecule has 0 spiro atoms. The minimum atomic E-state index is 0.169. The quantitative estimate of drug-likeness (QED) is 0.796. The molecule has 2 heteroatoms. The molecule has 0 aliphatic carbocycles. The summed E-state index contributed by atoms with van der Waals surface area (Å²) in [6.45, 7) is 9.21. The van der Waals surface area contributed by atoms with Crippen LogP contribution < -0.4 is 9.47 Å². The van der Waals surface area contributed by atoms with Crippen LogP contribution in [0.15, 0.2) is 42.5 Å². The first-order valence-electron chi connectivity index (χ1n) is 7.27. The van der Waals surface area contributed by atoms with Crippen molar-refractivity contribution in [2.75, 3.05) is 7.11 Å². The van der Waals surface area contributed by atoms with Crippen molar-refractivity contribution in [3.63, 3.8) is 0 Å². The molecule has 2 aromatic rings. The average molecular weight is 284 g/mol. The number of hydrogen-bond acceptors (Lipinski definition) is 2. The molecule has 0 fully saturated rings. The lowest BCUT2D eigenvalue weighted by molar-refractivity contribution is 0.305. The van der Waals surface area contributed by atoms with E-state index in [2.05, 4.69) is 45.0 Å².